The number of benzene rings is 2. The molecule has 27 heavy (non-hydrogen) atoms. The first-order chi connectivity index (χ1) is 13.1. The molecule has 3 aromatic rings. The summed E-state index contributed by atoms with van der Waals surface area (Å²) < 4.78 is 1.17. The van der Waals surface area contributed by atoms with Crippen LogP contribution >= 0.6 is 11.3 Å². The number of amides is 2. The minimum Gasteiger partial charge on any atom is -0.352 e. The van der Waals surface area contributed by atoms with Gasteiger partial charge in [-0.05, 0) is 48.2 Å². The molecule has 2 heterocycles. The Balaban J connectivity index is 1.49. The van der Waals surface area contributed by atoms with E-state index in [1.165, 1.54) is 11.6 Å². The Kier molecular flexibility index (Phi) is 4.90. The summed E-state index contributed by atoms with van der Waals surface area (Å²) in [6.45, 7) is 2.82. The Hall–Kier alpha value is -2.73. The van der Waals surface area contributed by atoms with Gasteiger partial charge in [0, 0.05) is 31.6 Å². The summed E-state index contributed by atoms with van der Waals surface area (Å²) in [6.07, 6.45) is 1.82. The van der Waals surface area contributed by atoms with Gasteiger partial charge in [0.15, 0.2) is 0 Å². The number of likely N-dealkylation sites (tertiary alicyclic amines) is 1. The van der Waals surface area contributed by atoms with Crippen LogP contribution in [0.15, 0.2) is 48.0 Å². The summed E-state index contributed by atoms with van der Waals surface area (Å²) in [5.74, 6) is -0.0257. The molecule has 5 nitrogen and oxygen atoms in total. The summed E-state index contributed by atoms with van der Waals surface area (Å²) in [5.41, 5.74) is 5.68. The quantitative estimate of drug-likeness (QED) is 0.755. The Bertz CT molecular complexity index is 981. The van der Waals surface area contributed by atoms with Crippen LogP contribution in [-0.4, -0.2) is 40.8 Å². The number of hydrogen-bond acceptors (Lipinski definition) is 4. The fraction of sp³-hybridized carbons (Fsp3) is 0.286. The third-order valence-electron chi connectivity index (χ3n) is 4.91. The Morgan fingerprint density at radius 1 is 1.15 bits per heavy atom. The first-order valence-electron chi connectivity index (χ1n) is 9.10. The molecule has 1 aliphatic rings. The van der Waals surface area contributed by atoms with Crippen molar-refractivity contribution in [3.63, 3.8) is 0 Å². The Morgan fingerprint density at radius 3 is 2.70 bits per heavy atom. The molecule has 4 rings (SSSR count). The number of hydrogen-bond donors (Lipinski definition) is 1. The maximum Gasteiger partial charge on any atom is 0.253 e. The predicted octanol–water partition coefficient (Wildman–Crippen LogP) is 3.70. The third-order valence-corrected chi connectivity index (χ3v) is 5.72. The molecule has 0 bridgehead atoms. The number of carbonyl (C=O) groups is 2. The molecular formula is C21H21N3O2S. The average molecular weight is 379 g/mol. The molecule has 1 fully saturated rings. The maximum absolute atomic E-state index is 12.8. The van der Waals surface area contributed by atoms with Crippen LogP contribution < -0.4 is 5.32 Å². The molecule has 138 valence electrons. The molecule has 1 aromatic heterocycles. The fourth-order valence-corrected chi connectivity index (χ4v) is 4.25. The minimum absolute atomic E-state index is 0.0200. The van der Waals surface area contributed by atoms with Crippen LogP contribution in [0, 0.1) is 0 Å². The second kappa shape index (κ2) is 7.48. The maximum atomic E-state index is 12.8. The van der Waals surface area contributed by atoms with Gasteiger partial charge in [-0.1, -0.05) is 18.2 Å². The Morgan fingerprint density at radius 2 is 1.93 bits per heavy atom. The summed E-state index contributed by atoms with van der Waals surface area (Å²) in [7, 11) is 0. The van der Waals surface area contributed by atoms with E-state index in [9.17, 15) is 9.59 Å². The molecule has 0 unspecified atom stereocenters. The van der Waals surface area contributed by atoms with E-state index < -0.39 is 0 Å². The van der Waals surface area contributed by atoms with Crippen LogP contribution in [0.25, 0.3) is 21.3 Å². The molecule has 1 saturated heterocycles. The first kappa shape index (κ1) is 17.7. The summed E-state index contributed by atoms with van der Waals surface area (Å²) in [6, 6.07) is 14.0. The summed E-state index contributed by atoms with van der Waals surface area (Å²) in [5, 5.41) is 2.92. The highest BCUT2D eigenvalue weighted by Gasteiger charge is 2.24. The second-order valence-electron chi connectivity index (χ2n) is 6.90. The molecule has 1 aliphatic heterocycles. The van der Waals surface area contributed by atoms with Crippen LogP contribution in [-0.2, 0) is 4.79 Å². The van der Waals surface area contributed by atoms with E-state index in [0.29, 0.717) is 12.1 Å². The smallest absolute Gasteiger partial charge is 0.253 e. The standard InChI is InChI=1S/C21H21N3O2S/c1-14(25)23-18-3-2-10-24(12-18)21(26)16-6-4-15(5-7-16)17-8-9-20-19(11-17)22-13-27-20/h4-9,11,13,18H,2-3,10,12H2,1H3,(H,23,25)/t18-/m1/s1. The monoisotopic (exact) mass is 379 g/mol. The van der Waals surface area contributed by atoms with Gasteiger partial charge < -0.3 is 10.2 Å². The average Bonchev–Trinajstić information content (AvgIpc) is 3.15. The summed E-state index contributed by atoms with van der Waals surface area (Å²) in [4.78, 5) is 30.3. The Labute approximate surface area is 162 Å². The van der Waals surface area contributed by atoms with Crippen LogP contribution in [0.3, 0.4) is 0 Å². The third kappa shape index (κ3) is 3.85. The van der Waals surface area contributed by atoms with Crippen molar-refractivity contribution in [1.82, 2.24) is 15.2 Å². The predicted molar refractivity (Wildman–Crippen MR) is 108 cm³/mol. The molecule has 2 amide bonds. The van der Waals surface area contributed by atoms with Crippen molar-refractivity contribution in [3.8, 4) is 11.1 Å². The van der Waals surface area contributed by atoms with Crippen LogP contribution in [0.4, 0.5) is 0 Å². The number of thiazole rings is 1. The van der Waals surface area contributed by atoms with Crippen LogP contribution in [0.5, 0.6) is 0 Å². The van der Waals surface area contributed by atoms with Gasteiger partial charge in [0.25, 0.3) is 5.91 Å². The number of nitrogens with zero attached hydrogens (tertiary/aromatic N) is 2. The number of nitrogens with one attached hydrogen (secondary N) is 1. The zero-order chi connectivity index (χ0) is 18.8. The zero-order valence-corrected chi connectivity index (χ0v) is 16.0. The van der Waals surface area contributed by atoms with Crippen molar-refractivity contribution in [2.24, 2.45) is 0 Å². The molecule has 1 N–H and O–H groups in total. The van der Waals surface area contributed by atoms with E-state index in [4.69, 9.17) is 0 Å². The number of piperidine rings is 1. The normalized spacial score (nSPS) is 17.1. The van der Waals surface area contributed by atoms with Crippen molar-refractivity contribution < 1.29 is 9.59 Å². The van der Waals surface area contributed by atoms with E-state index in [1.54, 1.807) is 11.3 Å². The lowest BCUT2D eigenvalue weighted by atomic mass is 10.0. The molecule has 6 heteroatoms. The van der Waals surface area contributed by atoms with E-state index in [-0.39, 0.29) is 17.9 Å². The molecule has 2 aromatic carbocycles. The summed E-state index contributed by atoms with van der Waals surface area (Å²) >= 11 is 1.63. The highest BCUT2D eigenvalue weighted by Crippen LogP contribution is 2.26. The largest absolute Gasteiger partial charge is 0.352 e. The molecule has 0 spiro atoms. The van der Waals surface area contributed by atoms with Crippen LogP contribution in [0.2, 0.25) is 0 Å². The molecule has 0 radical (unpaired) electrons. The molecule has 0 aliphatic carbocycles. The first-order valence-corrected chi connectivity index (χ1v) is 9.98. The topological polar surface area (TPSA) is 62.3 Å². The van der Waals surface area contributed by atoms with Gasteiger partial charge >= 0.3 is 0 Å². The van der Waals surface area contributed by atoms with Gasteiger partial charge in [-0.2, -0.15) is 0 Å². The van der Waals surface area contributed by atoms with Crippen LogP contribution in [0.1, 0.15) is 30.1 Å². The lowest BCUT2D eigenvalue weighted by Gasteiger charge is -2.33. The van der Waals surface area contributed by atoms with E-state index in [0.717, 1.165) is 36.0 Å². The molecule has 1 atom stereocenters. The SMILES string of the molecule is CC(=O)N[C@@H]1CCCN(C(=O)c2ccc(-c3ccc4scnc4c3)cc2)C1. The molecular weight excluding hydrogens is 358 g/mol. The fourth-order valence-electron chi connectivity index (χ4n) is 3.59. The van der Waals surface area contributed by atoms with Gasteiger partial charge in [-0.15, -0.1) is 11.3 Å². The van der Waals surface area contributed by atoms with Crippen molar-refractivity contribution >= 4 is 33.4 Å². The minimum atomic E-state index is -0.0456. The highest BCUT2D eigenvalue weighted by atomic mass is 32.1. The molecule has 0 saturated carbocycles. The van der Waals surface area contributed by atoms with E-state index in [1.807, 2.05) is 34.7 Å². The van der Waals surface area contributed by atoms with Gasteiger partial charge in [0.05, 0.1) is 15.7 Å². The number of carbonyl (C=O) groups excluding carboxylic acids is 2. The number of aromatic nitrogens is 1. The van der Waals surface area contributed by atoms with Crippen molar-refractivity contribution in [3.05, 3.63) is 53.5 Å². The van der Waals surface area contributed by atoms with Crippen molar-refractivity contribution in [1.29, 1.82) is 0 Å². The number of fused-ring (bicyclic) bond motifs is 1. The highest BCUT2D eigenvalue weighted by molar-refractivity contribution is 7.16. The van der Waals surface area contributed by atoms with Crippen molar-refractivity contribution in [2.75, 3.05) is 13.1 Å². The zero-order valence-electron chi connectivity index (χ0n) is 15.1. The van der Waals surface area contributed by atoms with E-state index in [2.05, 4.69) is 28.5 Å². The lowest BCUT2D eigenvalue weighted by Crippen LogP contribution is -2.49. The lowest BCUT2D eigenvalue weighted by molar-refractivity contribution is -0.120. The van der Waals surface area contributed by atoms with Gasteiger partial charge in [0.2, 0.25) is 5.91 Å². The van der Waals surface area contributed by atoms with Gasteiger partial charge in [-0.25, -0.2) is 4.98 Å². The van der Waals surface area contributed by atoms with Gasteiger partial charge in [0.1, 0.15) is 0 Å². The van der Waals surface area contributed by atoms with Crippen molar-refractivity contribution in [2.45, 2.75) is 25.8 Å². The second-order valence-corrected chi connectivity index (χ2v) is 7.79. The number of rotatable bonds is 3. The van der Waals surface area contributed by atoms with E-state index >= 15 is 0 Å². The van der Waals surface area contributed by atoms with Gasteiger partial charge in [-0.3, -0.25) is 9.59 Å².